The van der Waals surface area contributed by atoms with Gasteiger partial charge in [-0.25, -0.2) is 5.48 Å². The third kappa shape index (κ3) is 5.66. The third-order valence-corrected chi connectivity index (χ3v) is 6.77. The van der Waals surface area contributed by atoms with Crippen LogP contribution >= 0.6 is 0 Å². The zero-order valence-electron chi connectivity index (χ0n) is 20.5. The number of hydrogen-bond acceptors (Lipinski definition) is 6. The third-order valence-electron chi connectivity index (χ3n) is 6.77. The molecule has 0 radical (unpaired) electrons. The Morgan fingerprint density at radius 1 is 1.17 bits per heavy atom. The highest BCUT2D eigenvalue weighted by Crippen LogP contribution is 2.39. The van der Waals surface area contributed by atoms with Crippen LogP contribution in [0.2, 0.25) is 0 Å². The van der Waals surface area contributed by atoms with Crippen molar-refractivity contribution in [2.24, 2.45) is 5.92 Å². The van der Waals surface area contributed by atoms with Gasteiger partial charge < -0.3 is 15.3 Å². The highest BCUT2D eigenvalue weighted by Gasteiger charge is 2.53. The maximum absolute atomic E-state index is 13.3. The number of carbonyl (C=O) groups is 2. The fourth-order valence-corrected chi connectivity index (χ4v) is 5.03. The molecule has 4 atom stereocenters. The number of amides is 2. The van der Waals surface area contributed by atoms with E-state index in [1.54, 1.807) is 0 Å². The van der Waals surface area contributed by atoms with Gasteiger partial charge in [0.2, 0.25) is 5.91 Å². The molecule has 2 amide bonds. The van der Waals surface area contributed by atoms with Crippen molar-refractivity contribution in [1.82, 2.24) is 16.3 Å². The fourth-order valence-electron chi connectivity index (χ4n) is 5.03. The molecule has 1 saturated heterocycles. The van der Waals surface area contributed by atoms with Crippen LogP contribution in [0.5, 0.6) is 5.75 Å². The van der Waals surface area contributed by atoms with E-state index in [0.29, 0.717) is 18.4 Å². The molecule has 35 heavy (non-hydrogen) atoms. The van der Waals surface area contributed by atoms with Crippen LogP contribution in [-0.2, 0) is 26.4 Å². The van der Waals surface area contributed by atoms with Crippen LogP contribution < -0.4 is 21.1 Å². The first-order valence-electron chi connectivity index (χ1n) is 12.3. The number of benzene rings is 2. The smallest absolute Gasteiger partial charge is 0.274 e. The minimum absolute atomic E-state index is 0.0434. The maximum atomic E-state index is 13.3. The van der Waals surface area contributed by atoms with Gasteiger partial charge >= 0.3 is 0 Å². The van der Waals surface area contributed by atoms with Crippen molar-refractivity contribution >= 4 is 11.8 Å². The molecule has 2 aromatic carbocycles. The number of para-hydroxylation sites is 1. The minimum Gasteiger partial charge on any atom is -0.408 e. The summed E-state index contributed by atoms with van der Waals surface area (Å²) in [4.78, 5) is 38.1. The summed E-state index contributed by atoms with van der Waals surface area (Å²) in [5.74, 6) is -0.109. The largest absolute Gasteiger partial charge is 0.408 e. The van der Waals surface area contributed by atoms with Gasteiger partial charge in [0.15, 0.2) is 0 Å². The van der Waals surface area contributed by atoms with E-state index >= 15 is 0 Å². The number of hydroxylamine groups is 2. The summed E-state index contributed by atoms with van der Waals surface area (Å²) in [6.07, 6.45) is 1.48. The van der Waals surface area contributed by atoms with E-state index in [1.165, 1.54) is 0 Å². The van der Waals surface area contributed by atoms with Crippen LogP contribution in [0.15, 0.2) is 54.6 Å². The molecule has 0 spiro atoms. The monoisotopic (exact) mass is 481 g/mol. The molecule has 2 heterocycles. The van der Waals surface area contributed by atoms with Crippen molar-refractivity contribution in [3.63, 3.8) is 0 Å². The number of rotatable bonds is 7. The summed E-state index contributed by atoms with van der Waals surface area (Å²) in [6, 6.07) is 17.0. The Kier molecular flexibility index (Phi) is 7.44. The maximum Gasteiger partial charge on any atom is 0.274 e. The van der Waals surface area contributed by atoms with Gasteiger partial charge in [-0.1, -0.05) is 62.4 Å². The molecule has 0 bridgehead atoms. The number of nitrogens with one attached hydrogen (secondary N) is 3. The van der Waals surface area contributed by atoms with E-state index in [1.807, 2.05) is 69.3 Å². The van der Waals surface area contributed by atoms with Crippen molar-refractivity contribution in [3.8, 4) is 5.75 Å². The van der Waals surface area contributed by atoms with Gasteiger partial charge in [-0.05, 0) is 55.7 Å². The van der Waals surface area contributed by atoms with Gasteiger partial charge in [0.25, 0.3) is 5.91 Å². The molecule has 188 valence electrons. The summed E-state index contributed by atoms with van der Waals surface area (Å²) < 4.78 is 0. The topological polar surface area (TPSA) is 109 Å². The number of fused-ring (bicyclic) bond motifs is 1. The normalized spacial score (nSPS) is 27.2. The van der Waals surface area contributed by atoms with Crippen LogP contribution in [0.4, 0.5) is 0 Å². The molecule has 8 nitrogen and oxygen atoms in total. The Labute approximate surface area is 206 Å². The molecule has 2 aliphatic heterocycles. The highest BCUT2D eigenvalue weighted by atomic mass is 16.7. The molecular formula is C27H35N3O5. The Morgan fingerprint density at radius 3 is 2.63 bits per heavy atom. The molecule has 1 fully saturated rings. The first-order valence-corrected chi connectivity index (χ1v) is 12.3. The number of aliphatic hydroxyl groups excluding tert-OH is 1. The van der Waals surface area contributed by atoms with E-state index in [2.05, 4.69) is 22.3 Å². The van der Waals surface area contributed by atoms with E-state index < -0.39 is 29.1 Å². The fraction of sp³-hybridized carbons (Fsp3) is 0.481. The first-order chi connectivity index (χ1) is 16.7. The zero-order valence-corrected chi connectivity index (χ0v) is 20.5. The average molecular weight is 482 g/mol. The summed E-state index contributed by atoms with van der Waals surface area (Å²) in [5.41, 5.74) is 5.27. The van der Waals surface area contributed by atoms with Crippen molar-refractivity contribution in [1.29, 1.82) is 0 Å². The molecule has 2 aliphatic rings. The second kappa shape index (κ2) is 10.4. The van der Waals surface area contributed by atoms with Gasteiger partial charge in [-0.3, -0.25) is 14.4 Å². The predicted octanol–water partition coefficient (Wildman–Crippen LogP) is 2.90. The molecule has 2 aromatic rings. The number of carbonyl (C=O) groups excluding carboxylic acids is 2. The van der Waals surface area contributed by atoms with Gasteiger partial charge in [-0.15, -0.1) is 0 Å². The predicted molar refractivity (Wildman–Crippen MR) is 131 cm³/mol. The standard InChI is InChI=1S/C27H35N3O5/c1-18(2)15-22(31)24(32)28-27(20-10-5-4-6-11-20)17-26(3,35-30-25(27)33)16-21-14-13-19-9-7-8-12-23(19)34-29-21/h4-12,18,21-22,29,31H,13-17H2,1-3H3,(H,28,32)(H,30,33)/t21-,22-,26?,27+/m0/s1. The van der Waals surface area contributed by atoms with Crippen LogP contribution in [0.1, 0.15) is 57.6 Å². The van der Waals surface area contributed by atoms with E-state index in [-0.39, 0.29) is 18.4 Å². The Morgan fingerprint density at radius 2 is 1.89 bits per heavy atom. The molecule has 0 aliphatic carbocycles. The Bertz CT molecular complexity index is 1020. The van der Waals surface area contributed by atoms with Crippen molar-refractivity contribution < 1.29 is 24.4 Å². The quantitative estimate of drug-likeness (QED) is 0.484. The molecule has 8 heteroatoms. The number of aryl methyl sites for hydroxylation is 1. The highest BCUT2D eigenvalue weighted by molar-refractivity contribution is 5.93. The van der Waals surface area contributed by atoms with E-state index in [4.69, 9.17) is 9.68 Å². The van der Waals surface area contributed by atoms with E-state index in [0.717, 1.165) is 24.2 Å². The summed E-state index contributed by atoms with van der Waals surface area (Å²) in [6.45, 7) is 5.78. The lowest BCUT2D eigenvalue weighted by atomic mass is 9.75. The lowest BCUT2D eigenvalue weighted by Gasteiger charge is -2.46. The number of hydrogen-bond donors (Lipinski definition) is 4. The van der Waals surface area contributed by atoms with Crippen LogP contribution in [0.3, 0.4) is 0 Å². The second-order valence-electron chi connectivity index (χ2n) is 10.3. The van der Waals surface area contributed by atoms with Gasteiger partial charge in [0, 0.05) is 12.5 Å². The van der Waals surface area contributed by atoms with E-state index in [9.17, 15) is 14.7 Å². The van der Waals surface area contributed by atoms with Crippen LogP contribution in [0.25, 0.3) is 0 Å². The minimum atomic E-state index is -1.39. The summed E-state index contributed by atoms with van der Waals surface area (Å²) in [5, 5.41) is 13.4. The van der Waals surface area contributed by atoms with Gasteiger partial charge in [0.1, 0.15) is 17.4 Å². The molecule has 4 N–H and O–H groups in total. The lowest BCUT2D eigenvalue weighted by molar-refractivity contribution is -0.187. The molecule has 4 rings (SSSR count). The SMILES string of the molecule is CC(C)C[C@H](O)C(=O)N[C@@]1(c2ccccc2)CC(C)(C[C@@H]2CCc3ccccc3ON2)ONC1=O. The van der Waals surface area contributed by atoms with Crippen molar-refractivity contribution in [2.75, 3.05) is 0 Å². The molecule has 1 unspecified atom stereocenters. The number of aliphatic hydroxyl groups is 1. The lowest BCUT2D eigenvalue weighted by Crippen LogP contribution is -2.66. The van der Waals surface area contributed by atoms with Crippen LogP contribution in [-0.4, -0.2) is 34.7 Å². The zero-order chi connectivity index (χ0) is 25.1. The van der Waals surface area contributed by atoms with Crippen molar-refractivity contribution in [2.45, 2.75) is 76.2 Å². The van der Waals surface area contributed by atoms with Crippen LogP contribution in [0, 0.1) is 5.92 Å². The average Bonchev–Trinajstić information content (AvgIpc) is 3.04. The summed E-state index contributed by atoms with van der Waals surface area (Å²) in [7, 11) is 0. The molecular weight excluding hydrogens is 446 g/mol. The molecule has 0 aromatic heterocycles. The van der Waals surface area contributed by atoms with Gasteiger partial charge in [-0.2, -0.15) is 5.48 Å². The summed E-state index contributed by atoms with van der Waals surface area (Å²) >= 11 is 0. The second-order valence-corrected chi connectivity index (χ2v) is 10.3. The first kappa shape index (κ1) is 25.2. The Hall–Kier alpha value is -2.94. The Balaban J connectivity index is 1.57. The van der Waals surface area contributed by atoms with Gasteiger partial charge in [0.05, 0.1) is 5.60 Å². The van der Waals surface area contributed by atoms with Crippen molar-refractivity contribution in [3.05, 3.63) is 65.7 Å². The molecule has 0 saturated carbocycles.